The van der Waals surface area contributed by atoms with Crippen molar-refractivity contribution in [2.75, 3.05) is 31.5 Å². The summed E-state index contributed by atoms with van der Waals surface area (Å²) in [6.45, 7) is 7.52. The standard InChI is InChI=1S/C25H30ClN5O2/c1-3-13-31-23(28-21-8-6-5-7-20(21)24(31)32)22(4-2)29-14-16-30(17-15-29)25(33)27-19-11-9-18(26)10-12-19/h5-12,22H,3-4,13-17H2,1-2H3,(H,27,33). The molecule has 0 aliphatic carbocycles. The molecule has 0 bridgehead atoms. The van der Waals surface area contributed by atoms with Crippen LogP contribution < -0.4 is 10.9 Å². The summed E-state index contributed by atoms with van der Waals surface area (Å²) in [6.07, 6.45) is 1.70. The average Bonchev–Trinajstić information content (AvgIpc) is 2.84. The number of para-hydroxylation sites is 1. The van der Waals surface area contributed by atoms with Crippen LogP contribution in [-0.2, 0) is 6.54 Å². The molecule has 2 aromatic carbocycles. The van der Waals surface area contributed by atoms with E-state index in [4.69, 9.17) is 16.6 Å². The Morgan fingerprint density at radius 1 is 1.06 bits per heavy atom. The zero-order chi connectivity index (χ0) is 23.4. The van der Waals surface area contributed by atoms with Crippen molar-refractivity contribution in [3.05, 3.63) is 69.7 Å². The quantitative estimate of drug-likeness (QED) is 0.567. The Balaban J connectivity index is 1.51. The monoisotopic (exact) mass is 467 g/mol. The van der Waals surface area contributed by atoms with Gasteiger partial charge in [0.05, 0.1) is 16.9 Å². The Hall–Kier alpha value is -2.90. The van der Waals surface area contributed by atoms with Gasteiger partial charge in [0.25, 0.3) is 5.56 Å². The van der Waals surface area contributed by atoms with E-state index in [0.29, 0.717) is 30.0 Å². The van der Waals surface area contributed by atoms with Crippen molar-refractivity contribution < 1.29 is 4.79 Å². The third kappa shape index (κ3) is 5.04. The minimum absolute atomic E-state index is 0.0235. The number of hydrogen-bond donors (Lipinski definition) is 1. The molecule has 1 aliphatic heterocycles. The number of anilines is 1. The van der Waals surface area contributed by atoms with E-state index in [1.54, 1.807) is 24.3 Å². The molecule has 1 fully saturated rings. The minimum atomic E-state index is -0.114. The predicted octanol–water partition coefficient (Wildman–Crippen LogP) is 4.76. The first kappa shape index (κ1) is 23.3. The highest BCUT2D eigenvalue weighted by molar-refractivity contribution is 6.30. The van der Waals surface area contributed by atoms with Crippen molar-refractivity contribution in [1.82, 2.24) is 19.4 Å². The van der Waals surface area contributed by atoms with Crippen molar-refractivity contribution in [3.8, 4) is 0 Å². The van der Waals surface area contributed by atoms with Gasteiger partial charge < -0.3 is 10.2 Å². The van der Waals surface area contributed by atoms with E-state index in [1.807, 2.05) is 33.7 Å². The van der Waals surface area contributed by atoms with Gasteiger partial charge >= 0.3 is 6.03 Å². The first-order valence-corrected chi connectivity index (χ1v) is 11.9. The molecule has 2 heterocycles. The Labute approximate surface area is 199 Å². The molecule has 33 heavy (non-hydrogen) atoms. The fourth-order valence-corrected chi connectivity index (χ4v) is 4.58. The number of piperazine rings is 1. The molecule has 1 saturated heterocycles. The summed E-state index contributed by atoms with van der Waals surface area (Å²) in [4.78, 5) is 35.0. The van der Waals surface area contributed by atoms with Crippen LogP contribution in [0.3, 0.4) is 0 Å². The molecular weight excluding hydrogens is 438 g/mol. The number of carbonyl (C=O) groups excluding carboxylic acids is 1. The summed E-state index contributed by atoms with van der Waals surface area (Å²) >= 11 is 5.92. The van der Waals surface area contributed by atoms with Gasteiger partial charge in [-0.05, 0) is 49.2 Å². The van der Waals surface area contributed by atoms with E-state index < -0.39 is 0 Å². The molecule has 2 amide bonds. The molecule has 174 valence electrons. The van der Waals surface area contributed by atoms with Gasteiger partial charge in [-0.1, -0.05) is 37.6 Å². The first-order valence-electron chi connectivity index (χ1n) is 11.6. The molecule has 1 aromatic heterocycles. The lowest BCUT2D eigenvalue weighted by atomic mass is 10.1. The number of fused-ring (bicyclic) bond motifs is 1. The van der Waals surface area contributed by atoms with Crippen LogP contribution in [0.25, 0.3) is 10.9 Å². The third-order valence-corrected chi connectivity index (χ3v) is 6.41. The summed E-state index contributed by atoms with van der Waals surface area (Å²) in [5, 5.41) is 4.23. The van der Waals surface area contributed by atoms with Crippen LogP contribution in [0.5, 0.6) is 0 Å². The highest BCUT2D eigenvalue weighted by Gasteiger charge is 2.29. The van der Waals surface area contributed by atoms with Gasteiger partial charge in [0.2, 0.25) is 0 Å². The van der Waals surface area contributed by atoms with Crippen LogP contribution in [0.2, 0.25) is 5.02 Å². The molecule has 8 heteroatoms. The van der Waals surface area contributed by atoms with Gasteiger partial charge in [0.1, 0.15) is 5.82 Å². The Bertz CT molecular complexity index is 1170. The number of nitrogens with one attached hydrogen (secondary N) is 1. The van der Waals surface area contributed by atoms with Crippen molar-refractivity contribution in [3.63, 3.8) is 0 Å². The zero-order valence-corrected chi connectivity index (χ0v) is 19.9. The third-order valence-electron chi connectivity index (χ3n) is 6.16. The van der Waals surface area contributed by atoms with E-state index in [0.717, 1.165) is 43.0 Å². The summed E-state index contributed by atoms with van der Waals surface area (Å²) in [5.74, 6) is 0.821. The van der Waals surface area contributed by atoms with Gasteiger partial charge in [-0.3, -0.25) is 14.3 Å². The normalized spacial score (nSPS) is 15.5. The van der Waals surface area contributed by atoms with Crippen molar-refractivity contribution in [1.29, 1.82) is 0 Å². The van der Waals surface area contributed by atoms with Crippen molar-refractivity contribution in [2.45, 2.75) is 39.3 Å². The van der Waals surface area contributed by atoms with Crippen LogP contribution in [0.4, 0.5) is 10.5 Å². The highest BCUT2D eigenvalue weighted by atomic mass is 35.5. The van der Waals surface area contributed by atoms with E-state index in [1.165, 1.54) is 0 Å². The number of benzene rings is 2. The molecular formula is C25H30ClN5O2. The molecule has 1 aliphatic rings. The average molecular weight is 468 g/mol. The van der Waals surface area contributed by atoms with Crippen LogP contribution in [0.15, 0.2) is 53.3 Å². The van der Waals surface area contributed by atoms with Crippen LogP contribution >= 0.6 is 11.6 Å². The number of nitrogens with zero attached hydrogens (tertiary/aromatic N) is 4. The number of urea groups is 1. The molecule has 3 aromatic rings. The second kappa shape index (κ2) is 10.4. The molecule has 4 rings (SSSR count). The summed E-state index contributed by atoms with van der Waals surface area (Å²) in [6, 6.07) is 14.6. The largest absolute Gasteiger partial charge is 0.322 e. The highest BCUT2D eigenvalue weighted by Crippen LogP contribution is 2.25. The molecule has 0 radical (unpaired) electrons. The lowest BCUT2D eigenvalue weighted by Crippen LogP contribution is -2.51. The maximum absolute atomic E-state index is 13.2. The topological polar surface area (TPSA) is 70.5 Å². The maximum atomic E-state index is 13.2. The van der Waals surface area contributed by atoms with Crippen molar-refractivity contribution >= 4 is 34.2 Å². The van der Waals surface area contributed by atoms with E-state index >= 15 is 0 Å². The number of rotatable bonds is 6. The Morgan fingerprint density at radius 2 is 1.76 bits per heavy atom. The number of hydrogen-bond acceptors (Lipinski definition) is 4. The maximum Gasteiger partial charge on any atom is 0.321 e. The van der Waals surface area contributed by atoms with Gasteiger partial charge in [-0.15, -0.1) is 0 Å². The second-order valence-corrected chi connectivity index (χ2v) is 8.76. The number of carbonyl (C=O) groups is 1. The molecule has 1 N–H and O–H groups in total. The lowest BCUT2D eigenvalue weighted by Gasteiger charge is -2.39. The molecule has 1 atom stereocenters. The molecule has 1 unspecified atom stereocenters. The first-order chi connectivity index (χ1) is 16.0. The Kier molecular flexibility index (Phi) is 7.30. The van der Waals surface area contributed by atoms with Crippen molar-refractivity contribution in [2.24, 2.45) is 0 Å². The van der Waals surface area contributed by atoms with Gasteiger partial charge in [-0.25, -0.2) is 9.78 Å². The fourth-order valence-electron chi connectivity index (χ4n) is 4.46. The number of aromatic nitrogens is 2. The number of amides is 2. The lowest BCUT2D eigenvalue weighted by molar-refractivity contribution is 0.105. The van der Waals surface area contributed by atoms with Gasteiger partial charge in [0.15, 0.2) is 0 Å². The van der Waals surface area contributed by atoms with Gasteiger partial charge in [-0.2, -0.15) is 0 Å². The molecule has 0 saturated carbocycles. The predicted molar refractivity (Wildman–Crippen MR) is 133 cm³/mol. The zero-order valence-electron chi connectivity index (χ0n) is 19.1. The van der Waals surface area contributed by atoms with Gasteiger partial charge in [0, 0.05) is 43.4 Å². The number of halogens is 1. The summed E-state index contributed by atoms with van der Waals surface area (Å²) in [7, 11) is 0. The van der Waals surface area contributed by atoms with Crippen LogP contribution in [0, 0.1) is 0 Å². The minimum Gasteiger partial charge on any atom is -0.322 e. The molecule has 7 nitrogen and oxygen atoms in total. The smallest absolute Gasteiger partial charge is 0.321 e. The second-order valence-electron chi connectivity index (χ2n) is 8.33. The summed E-state index contributed by atoms with van der Waals surface area (Å²) < 4.78 is 1.84. The van der Waals surface area contributed by atoms with E-state index in [9.17, 15) is 9.59 Å². The van der Waals surface area contributed by atoms with E-state index in [-0.39, 0.29) is 17.6 Å². The summed E-state index contributed by atoms with van der Waals surface area (Å²) in [5.41, 5.74) is 1.49. The Morgan fingerprint density at radius 3 is 2.42 bits per heavy atom. The SMILES string of the molecule is CCCn1c(C(CC)N2CCN(C(=O)Nc3ccc(Cl)cc3)CC2)nc2ccccc2c1=O. The van der Waals surface area contributed by atoms with Crippen LogP contribution in [0.1, 0.15) is 38.6 Å². The molecule has 0 spiro atoms. The van der Waals surface area contributed by atoms with Crippen LogP contribution in [-0.4, -0.2) is 51.6 Å². The van der Waals surface area contributed by atoms with E-state index in [2.05, 4.69) is 24.1 Å². The fraction of sp³-hybridized carbons (Fsp3) is 0.400.